The standard InChI is InChI=1S/C16H12FN3O.C10H7BrFNO.C10H9F2NO.C10H7F2N.C10H8FNO.C8H5F2N.C4H10/c1-18-12-6-5-11(20(12)2)9-3-4-10-13(14(9)17)16(7-8-16)15(21)19-10;11-5-1-2-6-7(8(5)12)10(3-4-10)9(14)13-6;11-6-2-1-3-7(12)8(6)10(4-5-10)9(13)14;11-7-2-1-3-8(12)9(7)10(6-13)4-5-10;11-6-2-1-3-7-8(6)10(4-5-10)9(13)12-7;9-7-2-1-3-8(10)6(7)4-5-11;1-3-4-2/h3-6H,7-8H2,2H3,(H,19,21);1-2H,3-4H2,(H,13,14);1-3H,4-5H2,(H2,13,14);1-3H,4-5H2;1-3H,4-5H2,(H,12,13);1-3H,4H2;3-4H2,1-2H3. The normalized spacial score (nSPS) is 17.2. The van der Waals surface area contributed by atoms with E-state index in [0.717, 1.165) is 49.9 Å². The van der Waals surface area contributed by atoms with Crippen LogP contribution in [0.25, 0.3) is 16.1 Å². The molecule has 1 aromatic heterocycles. The molecule has 0 unspecified atom stereocenters. The van der Waals surface area contributed by atoms with Crippen LogP contribution in [0, 0.1) is 81.6 Å². The van der Waals surface area contributed by atoms with Crippen molar-refractivity contribution in [2.75, 3.05) is 16.0 Å². The number of carbonyl (C=O) groups excluding carboxylic acids is 4. The molecule has 12 nitrogen and oxygen atoms in total. The van der Waals surface area contributed by atoms with Gasteiger partial charge >= 0.3 is 0 Å². The van der Waals surface area contributed by atoms with Crippen LogP contribution in [0.4, 0.5) is 62.4 Å². The van der Waals surface area contributed by atoms with E-state index >= 15 is 0 Å². The van der Waals surface area contributed by atoms with Crippen molar-refractivity contribution in [1.82, 2.24) is 4.57 Å². The molecule has 0 saturated heterocycles. The second-order valence-corrected chi connectivity index (χ2v) is 23.9. The maximum Gasteiger partial charge on any atom is 0.235 e. The van der Waals surface area contributed by atoms with Crippen LogP contribution in [0.2, 0.25) is 0 Å². The average molecular weight is 1300 g/mol. The second-order valence-electron chi connectivity index (χ2n) is 23.0. The van der Waals surface area contributed by atoms with Crippen molar-refractivity contribution in [3.05, 3.63) is 211 Å². The van der Waals surface area contributed by atoms with Gasteiger partial charge in [0.2, 0.25) is 29.4 Å². The number of amides is 4. The Kier molecular flexibility index (Phi) is 18.6. The van der Waals surface area contributed by atoms with Gasteiger partial charge in [0.25, 0.3) is 0 Å². The summed E-state index contributed by atoms with van der Waals surface area (Å²) in [6.45, 7) is 11.5. The molecule has 6 aromatic carbocycles. The van der Waals surface area contributed by atoms with Crippen LogP contribution < -0.4 is 21.7 Å². The first kappa shape index (κ1) is 65.3. The number of anilines is 3. The van der Waals surface area contributed by atoms with Gasteiger partial charge in [0, 0.05) is 50.4 Å². The minimum Gasteiger partial charge on any atom is -0.369 e. The summed E-state index contributed by atoms with van der Waals surface area (Å²) in [5.74, 6) is -5.20. The van der Waals surface area contributed by atoms with Crippen molar-refractivity contribution in [3.63, 3.8) is 0 Å². The van der Waals surface area contributed by atoms with Crippen molar-refractivity contribution in [1.29, 1.82) is 10.5 Å². The Labute approximate surface area is 521 Å². The molecule has 7 aromatic rings. The van der Waals surface area contributed by atoms with Crippen LogP contribution in [-0.2, 0) is 59.7 Å². The van der Waals surface area contributed by atoms with E-state index in [4.69, 9.17) is 22.8 Å². The summed E-state index contributed by atoms with van der Waals surface area (Å²) < 4.78 is 123. The van der Waals surface area contributed by atoms with Gasteiger partial charge in [-0.05, 0) is 165 Å². The number of nitrogens with one attached hydrogen (secondary N) is 3. The monoisotopic (exact) mass is 1300 g/mol. The molecule has 3 aliphatic heterocycles. The van der Waals surface area contributed by atoms with E-state index in [0.29, 0.717) is 93.8 Å². The minimum absolute atomic E-state index is 0.0346. The number of hydrogen-bond donors (Lipinski definition) is 4. The summed E-state index contributed by atoms with van der Waals surface area (Å²) >= 11 is 3.13. The maximum atomic E-state index is 15.0. The zero-order valence-electron chi connectivity index (χ0n) is 48.9. The number of halogens is 10. The van der Waals surface area contributed by atoms with Gasteiger partial charge in [-0.1, -0.05) is 57.5 Å². The largest absolute Gasteiger partial charge is 0.369 e. The lowest BCUT2D eigenvalue weighted by atomic mass is 9.94. The van der Waals surface area contributed by atoms with E-state index in [1.807, 2.05) is 6.07 Å². The number of unbranched alkanes of at least 4 members (excludes halogenated alkanes) is 1. The molecule has 8 aliphatic rings. The molecule has 4 heterocycles. The third-order valence-electron chi connectivity index (χ3n) is 17.4. The molecule has 3 spiro atoms. The van der Waals surface area contributed by atoms with E-state index in [-0.39, 0.29) is 58.3 Å². The fourth-order valence-electron chi connectivity index (χ4n) is 11.3. The molecule has 5 fully saturated rings. The smallest absolute Gasteiger partial charge is 0.235 e. The predicted molar refractivity (Wildman–Crippen MR) is 322 cm³/mol. The fourth-order valence-corrected chi connectivity index (χ4v) is 11.6. The zero-order valence-corrected chi connectivity index (χ0v) is 50.4. The van der Waals surface area contributed by atoms with E-state index in [2.05, 4.69) is 50.6 Å². The van der Waals surface area contributed by atoms with Crippen molar-refractivity contribution in [3.8, 4) is 23.4 Å². The summed E-state index contributed by atoms with van der Waals surface area (Å²) in [5.41, 5.74) is 5.68. The molecule has 0 bridgehead atoms. The molecule has 5 N–H and O–H groups in total. The number of hydrogen-bond acceptors (Lipinski definition) is 6. The van der Waals surface area contributed by atoms with Crippen LogP contribution in [0.3, 0.4) is 0 Å². The average Bonchev–Trinajstić information content (AvgIpc) is 1.60. The van der Waals surface area contributed by atoms with E-state index < -0.39 is 67.9 Å². The lowest BCUT2D eigenvalue weighted by molar-refractivity contribution is -0.120. The highest BCUT2D eigenvalue weighted by Crippen LogP contribution is 2.59. The lowest BCUT2D eigenvalue weighted by Crippen LogP contribution is -2.30. The number of primary amides is 1. The zero-order chi connectivity index (χ0) is 65.3. The van der Waals surface area contributed by atoms with Crippen LogP contribution in [-0.4, -0.2) is 28.2 Å². The Hall–Kier alpha value is -9.20. The van der Waals surface area contributed by atoms with E-state index in [1.165, 1.54) is 49.2 Å². The van der Waals surface area contributed by atoms with Gasteiger partial charge in [-0.3, -0.25) is 23.7 Å². The third-order valence-corrected chi connectivity index (χ3v) is 18.0. The van der Waals surface area contributed by atoms with Crippen molar-refractivity contribution < 1.29 is 58.7 Å². The van der Waals surface area contributed by atoms with Gasteiger partial charge in [-0.2, -0.15) is 10.5 Å². The lowest BCUT2D eigenvalue weighted by Gasteiger charge is -2.12. The Bertz CT molecular complexity index is 4110. The van der Waals surface area contributed by atoms with Crippen LogP contribution >= 0.6 is 15.9 Å². The van der Waals surface area contributed by atoms with Gasteiger partial charge < -0.3 is 26.5 Å². The molecule has 15 rings (SSSR count). The molecule has 5 saturated carbocycles. The topological polar surface area (TPSA) is 187 Å². The second kappa shape index (κ2) is 25.7. The van der Waals surface area contributed by atoms with E-state index in [1.54, 1.807) is 66.2 Å². The third kappa shape index (κ3) is 12.2. The predicted octanol–water partition coefficient (Wildman–Crippen LogP) is 15.6. The highest BCUT2D eigenvalue weighted by Gasteiger charge is 2.60. The number of carbonyl (C=O) groups is 4. The Morgan fingerprint density at radius 1 is 0.556 bits per heavy atom. The summed E-state index contributed by atoms with van der Waals surface area (Å²) in [6.07, 6.45) is 8.89. The van der Waals surface area contributed by atoms with Gasteiger partial charge in [0.05, 0.1) is 62.7 Å². The fraction of sp³-hybridized carbons (Fsp3) is 0.309. The summed E-state index contributed by atoms with van der Waals surface area (Å²) in [5, 5.41) is 25.2. The summed E-state index contributed by atoms with van der Waals surface area (Å²) in [4.78, 5) is 49.6. The number of fused-ring (bicyclic) bond motifs is 6. The highest BCUT2D eigenvalue weighted by molar-refractivity contribution is 9.10. The van der Waals surface area contributed by atoms with Crippen LogP contribution in [0.1, 0.15) is 124 Å². The molecule has 464 valence electrons. The molecule has 22 heteroatoms. The molecule has 4 amide bonds. The summed E-state index contributed by atoms with van der Waals surface area (Å²) in [7, 11) is 1.74. The van der Waals surface area contributed by atoms with Gasteiger partial charge in [-0.15, -0.1) is 0 Å². The molecular formula is C68H58BrF9N8O4. The minimum atomic E-state index is -1.09. The quantitative estimate of drug-likeness (QED) is 0.0947. The Balaban J connectivity index is 0.000000128. The van der Waals surface area contributed by atoms with Crippen molar-refractivity contribution in [2.24, 2.45) is 12.8 Å². The number of nitrogens with zero attached hydrogens (tertiary/aromatic N) is 4. The number of nitrogens with two attached hydrogens (primary N) is 1. The number of benzene rings is 6. The summed E-state index contributed by atoms with van der Waals surface area (Å²) in [6, 6.07) is 29.4. The maximum absolute atomic E-state index is 15.0. The Morgan fingerprint density at radius 3 is 1.37 bits per heavy atom. The number of rotatable bonds is 6. The first-order valence-electron chi connectivity index (χ1n) is 28.9. The Morgan fingerprint density at radius 2 is 0.967 bits per heavy atom. The van der Waals surface area contributed by atoms with Crippen molar-refractivity contribution >= 4 is 62.4 Å². The molecule has 90 heavy (non-hydrogen) atoms. The highest BCUT2D eigenvalue weighted by atomic mass is 79.9. The SMILES string of the molecule is CCCC.N#CC1(c2c(F)cccc2F)CC1.N#CCc1c(F)cccc1F.NC(=O)C1(c2c(F)cccc2F)CC1.O=C1Nc2ccc(Br)c(F)c2C12CC2.O=C1Nc2cccc(F)c2C12CC2.[C-]#[N+]c1ccc(-c2ccc3c(c2F)C2(CC2)C(=O)N3)n1C. The van der Waals surface area contributed by atoms with Gasteiger partial charge in [0.15, 0.2) is 0 Å². The molecule has 0 atom stereocenters. The molecule has 0 radical (unpaired) electrons. The van der Waals surface area contributed by atoms with Crippen molar-refractivity contribution in [2.45, 2.75) is 124 Å². The number of aromatic nitrogens is 1. The molecular weight excluding hydrogens is 1240 g/mol. The van der Waals surface area contributed by atoms with Crippen LogP contribution in [0.15, 0.2) is 114 Å². The van der Waals surface area contributed by atoms with E-state index in [9.17, 15) is 58.7 Å². The van der Waals surface area contributed by atoms with Gasteiger partial charge in [-0.25, -0.2) is 39.5 Å². The number of nitriles is 2. The first-order valence-corrected chi connectivity index (χ1v) is 29.7. The first-order chi connectivity index (χ1) is 42.9. The van der Waals surface area contributed by atoms with Gasteiger partial charge in [0.1, 0.15) is 58.0 Å². The van der Waals surface area contributed by atoms with Crippen LogP contribution in [0.5, 0.6) is 0 Å². The molecule has 5 aliphatic carbocycles.